The number of fused-ring (bicyclic) bond motifs is 1. The fraction of sp³-hybridized carbons (Fsp3) is 0.611. The maximum atomic E-state index is 13.2. The number of carbonyl (C=O) groups is 1. The molecule has 0 aromatic heterocycles. The average molecular weight is 445 g/mol. The molecule has 144 valence electrons. The van der Waals surface area contributed by atoms with Crippen molar-refractivity contribution in [3.05, 3.63) is 22.2 Å². The lowest BCUT2D eigenvalue weighted by molar-refractivity contribution is -0.116. The summed E-state index contributed by atoms with van der Waals surface area (Å²) in [7, 11) is -3.63. The number of nitrogens with zero attached hydrogens (tertiary/aromatic N) is 1. The summed E-state index contributed by atoms with van der Waals surface area (Å²) in [6.45, 7) is 3.73. The van der Waals surface area contributed by atoms with E-state index in [2.05, 4.69) is 28.2 Å². The Kier molecular flexibility index (Phi) is 6.37. The van der Waals surface area contributed by atoms with Crippen LogP contribution in [-0.4, -0.2) is 44.4 Å². The van der Waals surface area contributed by atoms with Crippen molar-refractivity contribution in [1.82, 2.24) is 4.31 Å². The number of rotatable bonds is 5. The number of hydrogen-bond donors (Lipinski definition) is 1. The molecule has 1 aromatic carbocycles. The molecule has 0 spiro atoms. The first-order valence-corrected chi connectivity index (χ1v) is 11.4. The molecule has 8 heteroatoms. The highest BCUT2D eigenvalue weighted by atomic mass is 79.9. The van der Waals surface area contributed by atoms with Gasteiger partial charge in [-0.1, -0.05) is 6.92 Å². The van der Waals surface area contributed by atoms with Crippen LogP contribution in [0.5, 0.6) is 0 Å². The first-order valence-electron chi connectivity index (χ1n) is 9.16. The van der Waals surface area contributed by atoms with Gasteiger partial charge in [0.05, 0.1) is 11.0 Å². The average Bonchev–Trinajstić information content (AvgIpc) is 2.85. The topological polar surface area (TPSA) is 75.7 Å². The summed E-state index contributed by atoms with van der Waals surface area (Å²) in [6, 6.07) is 3.40. The van der Waals surface area contributed by atoms with Crippen molar-refractivity contribution in [2.45, 2.75) is 56.4 Å². The van der Waals surface area contributed by atoms with E-state index in [1.165, 1.54) is 0 Å². The Morgan fingerprint density at radius 1 is 1.27 bits per heavy atom. The van der Waals surface area contributed by atoms with Crippen LogP contribution in [0.25, 0.3) is 0 Å². The second kappa shape index (κ2) is 8.37. The summed E-state index contributed by atoms with van der Waals surface area (Å²) in [5.41, 5.74) is 1.56. The number of ether oxygens (including phenoxy) is 1. The van der Waals surface area contributed by atoms with Crippen LogP contribution in [0.15, 0.2) is 21.5 Å². The third-order valence-corrected chi connectivity index (χ3v) is 7.72. The van der Waals surface area contributed by atoms with Gasteiger partial charge in [0.2, 0.25) is 15.9 Å². The molecule has 2 aliphatic heterocycles. The standard InChI is InChI=1S/C18H25BrN2O4S/c1-2-10-25-14-4-3-8-21(9-7-14)26(23,24)17-12-16-13(11-15(17)19)5-6-18(22)20-16/h11-12,14H,2-10H2,1H3,(H,20,22)/t14-/m1/s1. The van der Waals surface area contributed by atoms with Gasteiger partial charge >= 0.3 is 0 Å². The minimum absolute atomic E-state index is 0.0751. The Balaban J connectivity index is 1.82. The molecule has 0 aliphatic carbocycles. The number of aryl methyl sites for hydroxylation is 1. The predicted octanol–water partition coefficient (Wildman–Crippen LogP) is 3.30. The molecule has 26 heavy (non-hydrogen) atoms. The summed E-state index contributed by atoms with van der Waals surface area (Å²) in [5, 5.41) is 2.78. The summed E-state index contributed by atoms with van der Waals surface area (Å²) in [4.78, 5) is 11.9. The molecule has 1 atom stereocenters. The molecule has 0 unspecified atom stereocenters. The third kappa shape index (κ3) is 4.30. The molecule has 6 nitrogen and oxygen atoms in total. The van der Waals surface area contributed by atoms with E-state index >= 15 is 0 Å². The zero-order valence-corrected chi connectivity index (χ0v) is 17.4. The second-order valence-corrected chi connectivity index (χ2v) is 9.58. The molecule has 3 rings (SSSR count). The smallest absolute Gasteiger partial charge is 0.244 e. The number of nitrogens with one attached hydrogen (secondary N) is 1. The van der Waals surface area contributed by atoms with E-state index in [9.17, 15) is 13.2 Å². The maximum Gasteiger partial charge on any atom is 0.244 e. The third-order valence-electron chi connectivity index (χ3n) is 4.86. The van der Waals surface area contributed by atoms with Gasteiger partial charge in [-0.3, -0.25) is 4.79 Å². The zero-order valence-electron chi connectivity index (χ0n) is 15.0. The summed E-state index contributed by atoms with van der Waals surface area (Å²) < 4.78 is 34.3. The van der Waals surface area contributed by atoms with Crippen LogP contribution >= 0.6 is 15.9 Å². The lowest BCUT2D eigenvalue weighted by atomic mass is 10.0. The molecule has 2 aliphatic rings. The Hall–Kier alpha value is -0.960. The van der Waals surface area contributed by atoms with Crippen molar-refractivity contribution >= 4 is 37.5 Å². The second-order valence-electron chi connectivity index (χ2n) is 6.82. The minimum atomic E-state index is -3.63. The normalized spacial score (nSPS) is 21.8. The van der Waals surface area contributed by atoms with Crippen LogP contribution in [0.4, 0.5) is 5.69 Å². The summed E-state index contributed by atoms with van der Waals surface area (Å²) in [5.74, 6) is -0.0751. The van der Waals surface area contributed by atoms with E-state index in [4.69, 9.17) is 4.74 Å². The Bertz CT molecular complexity index is 782. The predicted molar refractivity (Wildman–Crippen MR) is 104 cm³/mol. The van der Waals surface area contributed by atoms with Crippen LogP contribution in [0.2, 0.25) is 0 Å². The Labute approximate surface area is 163 Å². The number of sulfonamides is 1. The molecule has 1 fully saturated rings. The maximum absolute atomic E-state index is 13.2. The van der Waals surface area contributed by atoms with E-state index in [-0.39, 0.29) is 16.9 Å². The first kappa shape index (κ1) is 19.8. The van der Waals surface area contributed by atoms with E-state index in [1.807, 2.05) is 6.07 Å². The fourth-order valence-electron chi connectivity index (χ4n) is 3.45. The van der Waals surface area contributed by atoms with Crippen LogP contribution in [0, 0.1) is 0 Å². The van der Waals surface area contributed by atoms with Gasteiger partial charge in [0.1, 0.15) is 0 Å². The van der Waals surface area contributed by atoms with Crippen molar-refractivity contribution in [3.8, 4) is 0 Å². The van der Waals surface area contributed by atoms with Gasteiger partial charge in [0.25, 0.3) is 0 Å². The largest absolute Gasteiger partial charge is 0.378 e. The highest BCUT2D eigenvalue weighted by Gasteiger charge is 2.31. The lowest BCUT2D eigenvalue weighted by Gasteiger charge is -2.23. The number of hydrogen-bond acceptors (Lipinski definition) is 4. The zero-order chi connectivity index (χ0) is 18.7. The van der Waals surface area contributed by atoms with Crippen molar-refractivity contribution in [1.29, 1.82) is 0 Å². The number of carbonyl (C=O) groups excluding carboxylic acids is 1. The number of benzene rings is 1. The number of amides is 1. The lowest BCUT2D eigenvalue weighted by Crippen LogP contribution is -2.33. The van der Waals surface area contributed by atoms with E-state index < -0.39 is 10.0 Å². The molecule has 1 N–H and O–H groups in total. The molecule has 0 bridgehead atoms. The number of anilines is 1. The summed E-state index contributed by atoms with van der Waals surface area (Å²) in [6.07, 6.45) is 4.52. The van der Waals surface area contributed by atoms with Crippen LogP contribution in [0.3, 0.4) is 0 Å². The van der Waals surface area contributed by atoms with Crippen molar-refractivity contribution < 1.29 is 17.9 Å². The van der Waals surface area contributed by atoms with Crippen molar-refractivity contribution in [3.63, 3.8) is 0 Å². The molecule has 2 heterocycles. The van der Waals surface area contributed by atoms with Crippen molar-refractivity contribution in [2.24, 2.45) is 0 Å². The van der Waals surface area contributed by atoms with Gasteiger partial charge in [-0.05, 0) is 65.7 Å². The molecular formula is C18H25BrN2O4S. The van der Waals surface area contributed by atoms with Gasteiger partial charge in [0, 0.05) is 36.3 Å². The molecule has 1 aromatic rings. The molecule has 0 saturated carbocycles. The van der Waals surface area contributed by atoms with Crippen molar-refractivity contribution in [2.75, 3.05) is 25.0 Å². The monoisotopic (exact) mass is 444 g/mol. The van der Waals surface area contributed by atoms with Gasteiger partial charge < -0.3 is 10.1 Å². The van der Waals surface area contributed by atoms with Gasteiger partial charge in [0.15, 0.2) is 0 Å². The highest BCUT2D eigenvalue weighted by Crippen LogP contribution is 2.34. The number of halogens is 1. The summed E-state index contributed by atoms with van der Waals surface area (Å²) >= 11 is 3.42. The molecule has 1 amide bonds. The minimum Gasteiger partial charge on any atom is -0.378 e. The van der Waals surface area contributed by atoms with Crippen LogP contribution in [-0.2, 0) is 26.0 Å². The molecule has 1 saturated heterocycles. The van der Waals surface area contributed by atoms with Crippen LogP contribution in [0.1, 0.15) is 44.6 Å². The van der Waals surface area contributed by atoms with Crippen LogP contribution < -0.4 is 5.32 Å². The molecular weight excluding hydrogens is 420 g/mol. The Morgan fingerprint density at radius 3 is 2.85 bits per heavy atom. The Morgan fingerprint density at radius 2 is 2.08 bits per heavy atom. The fourth-order valence-corrected chi connectivity index (χ4v) is 6.02. The van der Waals surface area contributed by atoms with Gasteiger partial charge in [-0.25, -0.2) is 8.42 Å². The van der Waals surface area contributed by atoms with E-state index in [0.29, 0.717) is 49.1 Å². The SMILES string of the molecule is CCCO[C@@H]1CCCN(S(=O)(=O)c2cc3c(cc2Br)CCC(=O)N3)CC1. The quantitative estimate of drug-likeness (QED) is 0.755. The molecule has 0 radical (unpaired) electrons. The van der Waals surface area contributed by atoms with Gasteiger partial charge in [-0.15, -0.1) is 0 Å². The van der Waals surface area contributed by atoms with E-state index in [1.54, 1.807) is 10.4 Å². The van der Waals surface area contributed by atoms with Gasteiger partial charge in [-0.2, -0.15) is 4.31 Å². The first-order chi connectivity index (χ1) is 12.4. The highest BCUT2D eigenvalue weighted by molar-refractivity contribution is 9.10. The van der Waals surface area contributed by atoms with E-state index in [0.717, 1.165) is 24.8 Å².